The molecule has 4 rings (SSSR count). The summed E-state index contributed by atoms with van der Waals surface area (Å²) < 4.78 is 12.0. The van der Waals surface area contributed by atoms with Crippen LogP contribution in [0.3, 0.4) is 0 Å². The third-order valence-electron chi connectivity index (χ3n) is 7.42. The predicted molar refractivity (Wildman–Crippen MR) is 130 cm³/mol. The summed E-state index contributed by atoms with van der Waals surface area (Å²) in [5.74, 6) is -1.84. The van der Waals surface area contributed by atoms with Crippen molar-refractivity contribution in [2.24, 2.45) is 11.8 Å². The van der Waals surface area contributed by atoms with Crippen LogP contribution in [0.5, 0.6) is 5.75 Å². The molecular weight excluding hydrogens is 450 g/mol. The molecule has 35 heavy (non-hydrogen) atoms. The minimum atomic E-state index is -1.12. The number of aliphatic hydroxyl groups is 1. The maximum absolute atomic E-state index is 13.8. The van der Waals surface area contributed by atoms with E-state index in [0.717, 1.165) is 0 Å². The van der Waals surface area contributed by atoms with Gasteiger partial charge < -0.3 is 30.1 Å². The number of carbonyl (C=O) groups excluding carboxylic acids is 3. The number of nitrogens with one attached hydrogen (secondary N) is 2. The molecule has 0 radical (unpaired) electrons. The quantitative estimate of drug-likeness (QED) is 0.542. The Bertz CT molecular complexity index is 1010. The molecule has 9 nitrogen and oxygen atoms in total. The Kier molecular flexibility index (Phi) is 6.38. The van der Waals surface area contributed by atoms with Crippen molar-refractivity contribution < 1.29 is 29.0 Å². The number of carbonyl (C=O) groups is 3. The Morgan fingerprint density at radius 3 is 2.46 bits per heavy atom. The number of hydrogen-bond acceptors (Lipinski definition) is 6. The number of aliphatic hydroxyl groups excluding tert-OH is 1. The Morgan fingerprint density at radius 2 is 1.89 bits per heavy atom. The van der Waals surface area contributed by atoms with Gasteiger partial charge in [-0.3, -0.25) is 14.4 Å². The molecule has 6 atom stereocenters. The van der Waals surface area contributed by atoms with E-state index in [0.29, 0.717) is 30.9 Å². The number of fused-ring (bicyclic) bond motifs is 1. The van der Waals surface area contributed by atoms with Gasteiger partial charge in [-0.2, -0.15) is 0 Å². The second kappa shape index (κ2) is 8.78. The highest BCUT2D eigenvalue weighted by molar-refractivity contribution is 6.02. The number of likely N-dealkylation sites (tertiary alicyclic amines) is 1. The van der Waals surface area contributed by atoms with Gasteiger partial charge in [0.15, 0.2) is 0 Å². The number of ether oxygens (including phenoxy) is 2. The van der Waals surface area contributed by atoms with Crippen LogP contribution in [-0.4, -0.2) is 69.8 Å². The van der Waals surface area contributed by atoms with Crippen molar-refractivity contribution in [2.45, 2.75) is 83.2 Å². The number of amides is 3. The zero-order valence-corrected chi connectivity index (χ0v) is 21.4. The molecule has 0 saturated carbocycles. The molecule has 9 heteroatoms. The smallest absolute Gasteiger partial charge is 0.246 e. The highest BCUT2D eigenvalue weighted by Gasteiger charge is 2.78. The van der Waals surface area contributed by atoms with E-state index in [1.54, 1.807) is 31.2 Å². The van der Waals surface area contributed by atoms with Gasteiger partial charge >= 0.3 is 0 Å². The van der Waals surface area contributed by atoms with E-state index >= 15 is 0 Å². The van der Waals surface area contributed by atoms with E-state index in [-0.39, 0.29) is 24.3 Å². The van der Waals surface area contributed by atoms with E-state index < -0.39 is 40.7 Å². The largest absolute Gasteiger partial charge is 0.494 e. The van der Waals surface area contributed by atoms with Gasteiger partial charge in [-0.05, 0) is 78.6 Å². The molecule has 3 amide bonds. The average Bonchev–Trinajstić information content (AvgIpc) is 3.34. The van der Waals surface area contributed by atoms with E-state index in [9.17, 15) is 19.5 Å². The van der Waals surface area contributed by atoms with Crippen LogP contribution >= 0.6 is 0 Å². The number of benzene rings is 1. The lowest BCUT2D eigenvalue weighted by atomic mass is 9.66. The SMILES string of the molecule is CCOc1ccc(NC(=O)[C@H]2[C@H]3C(=O)N([C@H](C)CO)C(C(=O)NC(C)(C)C)C34CC[C@]2(C)O4)cc1. The Morgan fingerprint density at radius 1 is 1.23 bits per heavy atom. The van der Waals surface area contributed by atoms with Crippen LogP contribution in [-0.2, 0) is 19.1 Å². The van der Waals surface area contributed by atoms with Gasteiger partial charge in [0, 0.05) is 11.2 Å². The lowest BCUT2D eigenvalue weighted by molar-refractivity contribution is -0.149. The Balaban J connectivity index is 1.68. The number of anilines is 1. The summed E-state index contributed by atoms with van der Waals surface area (Å²) in [5, 5.41) is 15.8. The van der Waals surface area contributed by atoms with Crippen molar-refractivity contribution in [3.05, 3.63) is 24.3 Å². The van der Waals surface area contributed by atoms with Crippen molar-refractivity contribution in [3.8, 4) is 5.75 Å². The van der Waals surface area contributed by atoms with Gasteiger partial charge in [-0.15, -0.1) is 0 Å². The van der Waals surface area contributed by atoms with E-state index in [1.165, 1.54) is 4.90 Å². The van der Waals surface area contributed by atoms with Crippen LogP contribution in [0.15, 0.2) is 24.3 Å². The number of rotatable bonds is 7. The second-order valence-corrected chi connectivity index (χ2v) is 11.2. The topological polar surface area (TPSA) is 117 Å². The molecule has 0 aromatic heterocycles. The van der Waals surface area contributed by atoms with Gasteiger partial charge in [-0.1, -0.05) is 0 Å². The summed E-state index contributed by atoms with van der Waals surface area (Å²) in [6, 6.07) is 5.54. The van der Waals surface area contributed by atoms with E-state index in [2.05, 4.69) is 10.6 Å². The zero-order valence-electron chi connectivity index (χ0n) is 21.4. The first-order valence-electron chi connectivity index (χ1n) is 12.4. The summed E-state index contributed by atoms with van der Waals surface area (Å²) in [5.41, 5.74) is -1.92. The molecule has 3 aliphatic heterocycles. The van der Waals surface area contributed by atoms with Crippen LogP contribution in [0, 0.1) is 11.8 Å². The van der Waals surface area contributed by atoms with Gasteiger partial charge in [0.1, 0.15) is 17.4 Å². The highest BCUT2D eigenvalue weighted by atomic mass is 16.5. The first-order chi connectivity index (χ1) is 16.4. The van der Waals surface area contributed by atoms with Crippen LogP contribution in [0.1, 0.15) is 54.4 Å². The summed E-state index contributed by atoms with van der Waals surface area (Å²) in [7, 11) is 0. The van der Waals surface area contributed by atoms with E-state index in [4.69, 9.17) is 9.47 Å². The summed E-state index contributed by atoms with van der Waals surface area (Å²) in [4.78, 5) is 42.4. The maximum atomic E-state index is 13.8. The molecule has 3 N–H and O–H groups in total. The Hall–Kier alpha value is -2.65. The van der Waals surface area contributed by atoms with Crippen molar-refractivity contribution in [1.82, 2.24) is 10.2 Å². The third-order valence-corrected chi connectivity index (χ3v) is 7.42. The number of nitrogens with zero attached hydrogens (tertiary/aromatic N) is 1. The highest BCUT2D eigenvalue weighted by Crippen LogP contribution is 2.63. The van der Waals surface area contributed by atoms with Crippen LogP contribution < -0.4 is 15.4 Å². The van der Waals surface area contributed by atoms with Crippen molar-refractivity contribution >= 4 is 23.4 Å². The second-order valence-electron chi connectivity index (χ2n) is 11.2. The standard InChI is InChI=1S/C26H37N3O6/c1-7-34-17-10-8-16(9-11-17)27-21(31)18-19-23(33)29(15(2)14-30)20(22(32)28-24(3,4)5)26(19)13-12-25(18,6)35-26/h8-11,15,18-20,30H,7,12-14H2,1-6H3,(H,27,31)(H,28,32)/t15-,18-,19+,20?,25+,26?/m1/s1. The molecule has 3 aliphatic rings. The lowest BCUT2D eigenvalue weighted by Crippen LogP contribution is -2.60. The molecule has 192 valence electrons. The molecule has 1 spiro atoms. The fourth-order valence-electron chi connectivity index (χ4n) is 6.09. The summed E-state index contributed by atoms with van der Waals surface area (Å²) >= 11 is 0. The lowest BCUT2D eigenvalue weighted by Gasteiger charge is -2.37. The monoisotopic (exact) mass is 487 g/mol. The summed E-state index contributed by atoms with van der Waals surface area (Å²) in [6.45, 7) is 11.3. The molecular formula is C26H37N3O6. The fraction of sp³-hybridized carbons (Fsp3) is 0.654. The normalized spacial score (nSPS) is 32.4. The number of hydrogen-bond donors (Lipinski definition) is 3. The van der Waals surface area contributed by atoms with Crippen LogP contribution in [0.4, 0.5) is 5.69 Å². The Labute approximate surface area is 206 Å². The van der Waals surface area contributed by atoms with Crippen LogP contribution in [0.2, 0.25) is 0 Å². The average molecular weight is 488 g/mol. The molecule has 2 unspecified atom stereocenters. The molecule has 3 heterocycles. The molecule has 3 saturated heterocycles. The minimum absolute atomic E-state index is 0.297. The summed E-state index contributed by atoms with van der Waals surface area (Å²) in [6.07, 6.45) is 1.04. The molecule has 3 fully saturated rings. The van der Waals surface area contributed by atoms with E-state index in [1.807, 2.05) is 34.6 Å². The minimum Gasteiger partial charge on any atom is -0.494 e. The zero-order chi connectivity index (χ0) is 25.8. The molecule has 1 aromatic carbocycles. The van der Waals surface area contributed by atoms with Crippen molar-refractivity contribution in [1.29, 1.82) is 0 Å². The van der Waals surface area contributed by atoms with Gasteiger partial charge in [-0.25, -0.2) is 0 Å². The van der Waals surface area contributed by atoms with Gasteiger partial charge in [0.2, 0.25) is 17.7 Å². The maximum Gasteiger partial charge on any atom is 0.246 e. The molecule has 2 bridgehead atoms. The van der Waals surface area contributed by atoms with Gasteiger partial charge in [0.25, 0.3) is 0 Å². The fourth-order valence-corrected chi connectivity index (χ4v) is 6.09. The molecule has 0 aliphatic carbocycles. The van der Waals surface area contributed by atoms with Crippen molar-refractivity contribution in [2.75, 3.05) is 18.5 Å². The van der Waals surface area contributed by atoms with Gasteiger partial charge in [0.05, 0.1) is 36.7 Å². The third kappa shape index (κ3) is 4.18. The first-order valence-corrected chi connectivity index (χ1v) is 12.4. The predicted octanol–water partition coefficient (Wildman–Crippen LogP) is 2.08. The first kappa shape index (κ1) is 25.4. The van der Waals surface area contributed by atoms with Crippen molar-refractivity contribution in [3.63, 3.8) is 0 Å². The molecule has 1 aromatic rings. The van der Waals surface area contributed by atoms with Crippen LogP contribution in [0.25, 0.3) is 0 Å².